The number of anilines is 1. The largest absolute Gasteiger partial charge is 0.298 e. The van der Waals surface area contributed by atoms with Gasteiger partial charge in [-0.3, -0.25) is 14.8 Å². The van der Waals surface area contributed by atoms with Crippen molar-refractivity contribution >= 4 is 56.1 Å². The van der Waals surface area contributed by atoms with Crippen LogP contribution in [0.15, 0.2) is 41.1 Å². The van der Waals surface area contributed by atoms with Gasteiger partial charge in [0.1, 0.15) is 5.69 Å². The number of carbonyl (C=O) groups is 1. The van der Waals surface area contributed by atoms with Crippen molar-refractivity contribution in [1.82, 2.24) is 19.7 Å². The van der Waals surface area contributed by atoms with Gasteiger partial charge in [-0.05, 0) is 42.8 Å². The van der Waals surface area contributed by atoms with Gasteiger partial charge in [-0.25, -0.2) is 9.97 Å². The summed E-state index contributed by atoms with van der Waals surface area (Å²) in [5.74, 6) is -0.203. The predicted molar refractivity (Wildman–Crippen MR) is 125 cm³/mol. The van der Waals surface area contributed by atoms with Gasteiger partial charge in [-0.1, -0.05) is 23.5 Å². The Morgan fingerprint density at radius 2 is 1.80 bits per heavy atom. The topological polar surface area (TPSA) is 72.7 Å². The number of fused-ring (bicyclic) bond motifs is 1. The maximum atomic E-state index is 13.2. The number of pyridine rings is 1. The van der Waals surface area contributed by atoms with Crippen LogP contribution in [0.4, 0.5) is 5.13 Å². The standard InChI is InChI=1S/C21H17N5OS3/c1-11-10-13(16-12(2)25-26(3)19(16)22-11)20(27)24-21-23-17(14-6-4-8-28-14)18(30-21)15-7-5-9-29-15/h4-10H,1-3H3,(H,23,24,27). The fourth-order valence-corrected chi connectivity index (χ4v) is 6.06. The van der Waals surface area contributed by atoms with Crippen molar-refractivity contribution in [3.05, 3.63) is 58.0 Å². The van der Waals surface area contributed by atoms with E-state index in [1.54, 1.807) is 33.4 Å². The lowest BCUT2D eigenvalue weighted by Crippen LogP contribution is -2.13. The number of aryl methyl sites for hydroxylation is 3. The zero-order valence-electron chi connectivity index (χ0n) is 16.5. The number of rotatable bonds is 4. The third kappa shape index (κ3) is 3.24. The van der Waals surface area contributed by atoms with Crippen LogP contribution in [-0.2, 0) is 7.05 Å². The third-order valence-electron chi connectivity index (χ3n) is 4.69. The molecule has 150 valence electrons. The molecule has 1 amide bonds. The summed E-state index contributed by atoms with van der Waals surface area (Å²) in [6.07, 6.45) is 0. The molecule has 0 unspecified atom stereocenters. The normalized spacial score (nSPS) is 11.3. The lowest BCUT2D eigenvalue weighted by molar-refractivity contribution is 0.102. The fraction of sp³-hybridized carbons (Fsp3) is 0.143. The van der Waals surface area contributed by atoms with Crippen molar-refractivity contribution < 1.29 is 4.79 Å². The van der Waals surface area contributed by atoms with Gasteiger partial charge in [0.25, 0.3) is 5.91 Å². The molecule has 1 N–H and O–H groups in total. The van der Waals surface area contributed by atoms with Gasteiger partial charge in [0, 0.05) is 17.6 Å². The van der Waals surface area contributed by atoms with Gasteiger partial charge in [0.2, 0.25) is 0 Å². The molecule has 0 aliphatic rings. The summed E-state index contributed by atoms with van der Waals surface area (Å²) in [7, 11) is 1.84. The highest BCUT2D eigenvalue weighted by Crippen LogP contribution is 2.42. The van der Waals surface area contributed by atoms with E-state index in [2.05, 4.69) is 27.5 Å². The zero-order valence-corrected chi connectivity index (χ0v) is 18.9. The molecule has 0 bridgehead atoms. The molecule has 0 fully saturated rings. The van der Waals surface area contributed by atoms with Crippen LogP contribution in [0, 0.1) is 13.8 Å². The summed E-state index contributed by atoms with van der Waals surface area (Å²) in [5.41, 5.74) is 3.72. The summed E-state index contributed by atoms with van der Waals surface area (Å²) >= 11 is 4.80. The number of amides is 1. The van der Waals surface area contributed by atoms with E-state index < -0.39 is 0 Å². The molecule has 0 spiro atoms. The number of thiazole rings is 1. The molecular formula is C21H17N5OS3. The zero-order chi connectivity index (χ0) is 20.8. The molecule has 6 nitrogen and oxygen atoms in total. The number of hydrogen-bond donors (Lipinski definition) is 1. The maximum absolute atomic E-state index is 13.2. The lowest BCUT2D eigenvalue weighted by atomic mass is 10.1. The van der Waals surface area contributed by atoms with Crippen LogP contribution < -0.4 is 5.32 Å². The molecule has 9 heteroatoms. The highest BCUT2D eigenvalue weighted by molar-refractivity contribution is 7.24. The van der Waals surface area contributed by atoms with Crippen LogP contribution in [0.5, 0.6) is 0 Å². The Hall–Kier alpha value is -2.88. The highest BCUT2D eigenvalue weighted by atomic mass is 32.1. The van der Waals surface area contributed by atoms with E-state index in [0.29, 0.717) is 16.3 Å². The Morgan fingerprint density at radius 3 is 2.50 bits per heavy atom. The molecule has 5 heterocycles. The molecule has 0 saturated carbocycles. The van der Waals surface area contributed by atoms with Crippen LogP contribution in [0.3, 0.4) is 0 Å². The minimum absolute atomic E-state index is 0.203. The van der Waals surface area contributed by atoms with Crippen LogP contribution in [-0.4, -0.2) is 25.7 Å². The summed E-state index contributed by atoms with van der Waals surface area (Å²) in [6.45, 7) is 3.77. The Kier molecular flexibility index (Phi) is 4.73. The molecule has 30 heavy (non-hydrogen) atoms. The van der Waals surface area contributed by atoms with E-state index in [4.69, 9.17) is 4.98 Å². The Morgan fingerprint density at radius 1 is 1.07 bits per heavy atom. The Labute approximate surface area is 184 Å². The average molecular weight is 452 g/mol. The van der Waals surface area contributed by atoms with Crippen LogP contribution in [0.1, 0.15) is 21.7 Å². The molecule has 0 atom stereocenters. The smallest absolute Gasteiger partial charge is 0.258 e. The predicted octanol–water partition coefficient (Wildman–Crippen LogP) is 5.75. The minimum Gasteiger partial charge on any atom is -0.298 e. The van der Waals surface area contributed by atoms with Crippen LogP contribution >= 0.6 is 34.0 Å². The first kappa shape index (κ1) is 19.1. The molecular weight excluding hydrogens is 434 g/mol. The van der Waals surface area contributed by atoms with Gasteiger partial charge >= 0.3 is 0 Å². The van der Waals surface area contributed by atoms with Gasteiger partial charge in [0.15, 0.2) is 10.8 Å². The SMILES string of the molecule is Cc1cc(C(=O)Nc2nc(-c3cccs3)c(-c3cccs3)s2)c2c(C)nn(C)c2n1. The fourth-order valence-electron chi connectivity index (χ4n) is 3.44. The van der Waals surface area contributed by atoms with E-state index in [9.17, 15) is 4.79 Å². The first-order valence-corrected chi connectivity index (χ1v) is 11.8. The molecule has 0 aliphatic carbocycles. The number of nitrogens with one attached hydrogen (secondary N) is 1. The highest BCUT2D eigenvalue weighted by Gasteiger charge is 2.21. The summed E-state index contributed by atoms with van der Waals surface area (Å²) in [5, 5.41) is 12.9. The summed E-state index contributed by atoms with van der Waals surface area (Å²) in [6, 6.07) is 9.97. The number of thiophene rings is 2. The molecule has 0 aliphatic heterocycles. The van der Waals surface area contributed by atoms with Crippen molar-refractivity contribution in [2.24, 2.45) is 7.05 Å². The maximum Gasteiger partial charge on any atom is 0.258 e. The molecule has 0 aromatic carbocycles. The molecule has 0 radical (unpaired) electrons. The molecule has 5 aromatic rings. The van der Waals surface area contributed by atoms with Crippen molar-refractivity contribution in [2.75, 3.05) is 5.32 Å². The molecule has 5 aromatic heterocycles. The van der Waals surface area contributed by atoms with E-state index >= 15 is 0 Å². The van der Waals surface area contributed by atoms with Crippen molar-refractivity contribution in [3.63, 3.8) is 0 Å². The van der Waals surface area contributed by atoms with Crippen LogP contribution in [0.25, 0.3) is 31.4 Å². The number of nitrogens with zero attached hydrogens (tertiary/aromatic N) is 4. The third-order valence-corrected chi connectivity index (χ3v) is 7.59. The van der Waals surface area contributed by atoms with E-state index in [1.807, 2.05) is 43.8 Å². The van der Waals surface area contributed by atoms with Gasteiger partial charge in [-0.2, -0.15) is 5.10 Å². The molecule has 0 saturated heterocycles. The van der Waals surface area contributed by atoms with Gasteiger partial charge in [0.05, 0.1) is 26.4 Å². The van der Waals surface area contributed by atoms with E-state index in [1.165, 1.54) is 11.3 Å². The van der Waals surface area contributed by atoms with Crippen molar-refractivity contribution in [2.45, 2.75) is 13.8 Å². The second-order valence-corrected chi connectivity index (χ2v) is 9.72. The lowest BCUT2D eigenvalue weighted by Gasteiger charge is -2.05. The number of hydrogen-bond acceptors (Lipinski definition) is 7. The molecule has 5 rings (SSSR count). The summed E-state index contributed by atoms with van der Waals surface area (Å²) < 4.78 is 1.71. The Bertz CT molecular complexity index is 1310. The average Bonchev–Trinajstić information content (AvgIpc) is 3.48. The van der Waals surface area contributed by atoms with Crippen molar-refractivity contribution in [1.29, 1.82) is 0 Å². The second-order valence-electron chi connectivity index (χ2n) is 6.82. The monoisotopic (exact) mass is 451 g/mol. The second kappa shape index (κ2) is 7.42. The quantitative estimate of drug-likeness (QED) is 0.378. The number of carbonyl (C=O) groups excluding carboxylic acids is 1. The minimum atomic E-state index is -0.203. The van der Waals surface area contributed by atoms with Gasteiger partial charge < -0.3 is 0 Å². The van der Waals surface area contributed by atoms with Crippen LogP contribution in [0.2, 0.25) is 0 Å². The van der Waals surface area contributed by atoms with E-state index in [-0.39, 0.29) is 5.91 Å². The first-order chi connectivity index (χ1) is 14.5. The van der Waals surface area contributed by atoms with Crippen molar-refractivity contribution in [3.8, 4) is 20.3 Å². The first-order valence-electron chi connectivity index (χ1n) is 9.22. The van der Waals surface area contributed by atoms with E-state index in [0.717, 1.165) is 37.1 Å². The number of aromatic nitrogens is 4. The summed E-state index contributed by atoms with van der Waals surface area (Å²) in [4.78, 5) is 25.8. The van der Waals surface area contributed by atoms with Gasteiger partial charge in [-0.15, -0.1) is 22.7 Å². The Balaban J connectivity index is 1.57.